The zero-order chi connectivity index (χ0) is 7.98. The van der Waals surface area contributed by atoms with Crippen LogP contribution in [0, 0.1) is 5.41 Å². The smallest absolute Gasteiger partial charge is 0.0972 e. The van der Waals surface area contributed by atoms with Gasteiger partial charge in [-0.25, -0.2) is 0 Å². The fraction of sp³-hybridized carbons (Fsp3) is 0.429. The number of hydrogen-bond acceptors (Lipinski definition) is 3. The second kappa shape index (κ2) is 4.73. The number of nitrogens with zero attached hydrogens (tertiary/aromatic N) is 1. The molecule has 0 aliphatic rings. The molecule has 0 aromatic rings. The van der Waals surface area contributed by atoms with Crippen LogP contribution in [0.25, 0.3) is 0 Å². The molecule has 0 aliphatic carbocycles. The van der Waals surface area contributed by atoms with Crippen LogP contribution in [0.15, 0.2) is 16.8 Å². The van der Waals surface area contributed by atoms with Crippen LogP contribution in [-0.4, -0.2) is 19.0 Å². The number of nitrogens with one attached hydrogen (secondary N) is 1. The van der Waals surface area contributed by atoms with Crippen LogP contribution in [0.3, 0.4) is 0 Å². The molecule has 0 atom stereocenters. The Labute approximate surface area is 61.2 Å². The van der Waals surface area contributed by atoms with E-state index >= 15 is 0 Å². The lowest BCUT2D eigenvalue weighted by molar-refractivity contribution is 1.19. The number of rotatable bonds is 3. The summed E-state index contributed by atoms with van der Waals surface area (Å²) in [4.78, 5) is 3.81. The van der Waals surface area contributed by atoms with Gasteiger partial charge in [-0.05, 0) is 6.42 Å². The Hall–Kier alpha value is -1.12. The zero-order valence-corrected chi connectivity index (χ0v) is 6.39. The first-order chi connectivity index (χ1) is 4.76. The van der Waals surface area contributed by atoms with Gasteiger partial charge in [-0.1, -0.05) is 13.0 Å². The van der Waals surface area contributed by atoms with Crippen molar-refractivity contribution in [2.45, 2.75) is 13.3 Å². The lowest BCUT2D eigenvalue weighted by atomic mass is 10.2. The van der Waals surface area contributed by atoms with Crippen molar-refractivity contribution < 1.29 is 0 Å². The maximum Gasteiger partial charge on any atom is 0.0972 e. The van der Waals surface area contributed by atoms with Crippen LogP contribution in [0.2, 0.25) is 0 Å². The Kier molecular flexibility index (Phi) is 4.20. The summed E-state index contributed by atoms with van der Waals surface area (Å²) in [5.41, 5.74) is 6.66. The minimum Gasteiger partial charge on any atom is -0.397 e. The van der Waals surface area contributed by atoms with E-state index in [0.717, 1.165) is 12.6 Å². The summed E-state index contributed by atoms with van der Waals surface area (Å²) in [6.07, 6.45) is 3.87. The molecule has 0 aliphatic heterocycles. The first-order valence-corrected chi connectivity index (χ1v) is 3.19. The summed E-state index contributed by atoms with van der Waals surface area (Å²) in [6, 6.07) is 0. The van der Waals surface area contributed by atoms with Crippen LogP contribution >= 0.6 is 0 Å². The van der Waals surface area contributed by atoms with Crippen LogP contribution in [0.1, 0.15) is 13.3 Å². The van der Waals surface area contributed by atoms with Crippen LogP contribution in [-0.2, 0) is 0 Å². The van der Waals surface area contributed by atoms with Gasteiger partial charge in [0.15, 0.2) is 0 Å². The highest BCUT2D eigenvalue weighted by Crippen LogP contribution is 1.89. The molecular formula is C7H13N3. The molecule has 0 aromatic carbocycles. The molecule has 3 heteroatoms. The molecule has 56 valence electrons. The zero-order valence-electron chi connectivity index (χ0n) is 6.39. The standard InChI is InChI=1S/C7H13N3/c1-3-4-6(9)7(5-8)10-2/h4-5,8H,3,9H2,1-2H3/b6-4+,8-5?,10-7?. The van der Waals surface area contributed by atoms with E-state index in [9.17, 15) is 0 Å². The Bertz CT molecular complexity index is 168. The van der Waals surface area contributed by atoms with Crippen molar-refractivity contribution in [2.75, 3.05) is 7.05 Å². The van der Waals surface area contributed by atoms with E-state index in [2.05, 4.69) is 4.99 Å². The molecule has 0 heterocycles. The maximum atomic E-state index is 6.89. The van der Waals surface area contributed by atoms with Crippen molar-refractivity contribution in [3.8, 4) is 0 Å². The van der Waals surface area contributed by atoms with Crippen LogP contribution in [0.5, 0.6) is 0 Å². The van der Waals surface area contributed by atoms with E-state index in [1.54, 1.807) is 7.05 Å². The van der Waals surface area contributed by atoms with E-state index < -0.39 is 0 Å². The molecule has 0 unspecified atom stereocenters. The molecule has 0 saturated carbocycles. The highest BCUT2D eigenvalue weighted by molar-refractivity contribution is 6.36. The quantitative estimate of drug-likeness (QED) is 0.562. The number of allylic oxidation sites excluding steroid dienone is 2. The van der Waals surface area contributed by atoms with Gasteiger partial charge in [0.1, 0.15) is 0 Å². The molecule has 3 nitrogen and oxygen atoms in total. The lowest BCUT2D eigenvalue weighted by Crippen LogP contribution is -2.11. The molecule has 0 spiro atoms. The van der Waals surface area contributed by atoms with Gasteiger partial charge in [0.2, 0.25) is 0 Å². The number of aliphatic imine (C=N–C) groups is 1. The fourth-order valence-corrected chi connectivity index (χ4v) is 0.601. The molecule has 0 aromatic heterocycles. The molecule has 0 amide bonds. The normalized spacial score (nSPS) is 13.4. The van der Waals surface area contributed by atoms with Crippen molar-refractivity contribution >= 4 is 11.9 Å². The van der Waals surface area contributed by atoms with Gasteiger partial charge in [0.25, 0.3) is 0 Å². The van der Waals surface area contributed by atoms with Gasteiger partial charge < -0.3 is 11.1 Å². The first kappa shape index (κ1) is 8.88. The van der Waals surface area contributed by atoms with Crippen LogP contribution in [0.4, 0.5) is 0 Å². The van der Waals surface area contributed by atoms with Gasteiger partial charge in [-0.3, -0.25) is 4.99 Å². The summed E-state index contributed by atoms with van der Waals surface area (Å²) >= 11 is 0. The molecule has 0 radical (unpaired) electrons. The summed E-state index contributed by atoms with van der Waals surface area (Å²) in [5.74, 6) is 0. The summed E-state index contributed by atoms with van der Waals surface area (Å²) < 4.78 is 0. The average molecular weight is 139 g/mol. The van der Waals surface area contributed by atoms with Gasteiger partial charge in [-0.15, -0.1) is 0 Å². The van der Waals surface area contributed by atoms with Crippen molar-refractivity contribution in [3.05, 3.63) is 11.8 Å². The van der Waals surface area contributed by atoms with Gasteiger partial charge in [0, 0.05) is 13.3 Å². The van der Waals surface area contributed by atoms with Crippen molar-refractivity contribution in [1.82, 2.24) is 0 Å². The second-order valence-corrected chi connectivity index (χ2v) is 1.82. The third kappa shape index (κ3) is 2.44. The average Bonchev–Trinajstić information content (AvgIpc) is 1.91. The SMILES string of the molecule is CC/C=C(/N)C(C=N)=NC. The van der Waals surface area contributed by atoms with Crippen molar-refractivity contribution in [2.24, 2.45) is 10.7 Å². The molecule has 0 fully saturated rings. The van der Waals surface area contributed by atoms with E-state index in [1.807, 2.05) is 13.0 Å². The predicted molar refractivity (Wildman–Crippen MR) is 44.7 cm³/mol. The summed E-state index contributed by atoms with van der Waals surface area (Å²) in [5, 5.41) is 6.89. The first-order valence-electron chi connectivity index (χ1n) is 3.19. The Morgan fingerprint density at radius 3 is 2.60 bits per heavy atom. The van der Waals surface area contributed by atoms with E-state index in [-0.39, 0.29) is 0 Å². The third-order valence-electron chi connectivity index (χ3n) is 1.10. The fourth-order valence-electron chi connectivity index (χ4n) is 0.601. The van der Waals surface area contributed by atoms with Crippen LogP contribution < -0.4 is 5.73 Å². The molecule has 0 rings (SSSR count). The number of nitrogens with two attached hydrogens (primary N) is 1. The van der Waals surface area contributed by atoms with E-state index in [1.165, 1.54) is 0 Å². The van der Waals surface area contributed by atoms with E-state index in [4.69, 9.17) is 11.1 Å². The van der Waals surface area contributed by atoms with Crippen molar-refractivity contribution in [1.29, 1.82) is 5.41 Å². The minimum absolute atomic E-state index is 0.543. The molecular weight excluding hydrogens is 126 g/mol. The summed E-state index contributed by atoms with van der Waals surface area (Å²) in [7, 11) is 1.62. The monoisotopic (exact) mass is 139 g/mol. The molecule has 0 saturated heterocycles. The highest BCUT2D eigenvalue weighted by atomic mass is 14.7. The van der Waals surface area contributed by atoms with E-state index in [0.29, 0.717) is 11.4 Å². The molecule has 10 heavy (non-hydrogen) atoms. The Morgan fingerprint density at radius 2 is 2.30 bits per heavy atom. The third-order valence-corrected chi connectivity index (χ3v) is 1.10. The Balaban J connectivity index is 4.30. The topological polar surface area (TPSA) is 62.2 Å². The maximum absolute atomic E-state index is 6.89. The van der Waals surface area contributed by atoms with Gasteiger partial charge in [-0.2, -0.15) is 0 Å². The number of hydrogen-bond donors (Lipinski definition) is 2. The van der Waals surface area contributed by atoms with Gasteiger partial charge >= 0.3 is 0 Å². The highest BCUT2D eigenvalue weighted by Gasteiger charge is 1.94. The Morgan fingerprint density at radius 1 is 1.70 bits per heavy atom. The summed E-state index contributed by atoms with van der Waals surface area (Å²) in [6.45, 7) is 1.99. The second-order valence-electron chi connectivity index (χ2n) is 1.82. The lowest BCUT2D eigenvalue weighted by Gasteiger charge is -1.96. The van der Waals surface area contributed by atoms with Crippen molar-refractivity contribution in [3.63, 3.8) is 0 Å². The minimum atomic E-state index is 0.543. The van der Waals surface area contributed by atoms with Gasteiger partial charge in [0.05, 0.1) is 11.4 Å². The largest absolute Gasteiger partial charge is 0.397 e. The molecule has 0 bridgehead atoms. The molecule has 3 N–H and O–H groups in total. The predicted octanol–water partition coefficient (Wildman–Crippen LogP) is 0.959.